The van der Waals surface area contributed by atoms with E-state index in [-0.39, 0.29) is 0 Å². The van der Waals surface area contributed by atoms with Gasteiger partial charge in [0.1, 0.15) is 0 Å². The maximum Gasteiger partial charge on any atom is 0.0433 e. The van der Waals surface area contributed by atoms with E-state index < -0.39 is 0 Å². The first kappa shape index (κ1) is 13.0. The Morgan fingerprint density at radius 3 is 2.53 bits per heavy atom. The van der Waals surface area contributed by atoms with Crippen LogP contribution in [0.3, 0.4) is 0 Å². The van der Waals surface area contributed by atoms with E-state index in [4.69, 9.17) is 0 Å². The van der Waals surface area contributed by atoms with Crippen LogP contribution >= 0.6 is 0 Å². The van der Waals surface area contributed by atoms with Gasteiger partial charge in [0.05, 0.1) is 0 Å². The highest BCUT2D eigenvalue weighted by Gasteiger charge is 2.41. The van der Waals surface area contributed by atoms with Gasteiger partial charge in [-0.1, -0.05) is 26.8 Å². The number of fused-ring (bicyclic) bond motifs is 2. The van der Waals surface area contributed by atoms with E-state index in [0.29, 0.717) is 5.92 Å². The Kier molecular flexibility index (Phi) is 3.30. The lowest BCUT2D eigenvalue weighted by molar-refractivity contribution is 0.292. The lowest BCUT2D eigenvalue weighted by Crippen LogP contribution is -2.44. The van der Waals surface area contributed by atoms with E-state index in [2.05, 4.69) is 55.8 Å². The molecule has 2 aliphatic rings. The standard InChI is InChI=1S/C17H26N2/c1-5-13-8-14(6-7-17(13)12(2)3)19-11-15-9-16(19)10-18(15)4/h6-8,12,15-16H,5,9-11H2,1-4H3/t15-,16-/m1/s1. The number of likely N-dealkylation sites (N-methyl/N-ethyl adjacent to an activating group) is 1. The Morgan fingerprint density at radius 2 is 2.00 bits per heavy atom. The van der Waals surface area contributed by atoms with Gasteiger partial charge in [0.25, 0.3) is 0 Å². The molecule has 0 N–H and O–H groups in total. The van der Waals surface area contributed by atoms with Crippen molar-refractivity contribution in [2.45, 2.75) is 51.6 Å². The molecule has 0 amide bonds. The summed E-state index contributed by atoms with van der Waals surface area (Å²) in [6.07, 6.45) is 2.49. The number of likely N-dealkylation sites (tertiary alicyclic amines) is 1. The SMILES string of the molecule is CCc1cc(N2C[C@H]3C[C@@H]2CN3C)ccc1C(C)C. The van der Waals surface area contributed by atoms with Crippen molar-refractivity contribution >= 4 is 5.69 Å². The number of aryl methyl sites for hydroxylation is 1. The predicted octanol–water partition coefficient (Wildman–Crippen LogP) is 3.27. The summed E-state index contributed by atoms with van der Waals surface area (Å²) in [5.41, 5.74) is 4.50. The third kappa shape index (κ3) is 2.16. The van der Waals surface area contributed by atoms with Gasteiger partial charge in [-0.3, -0.25) is 4.90 Å². The van der Waals surface area contributed by atoms with Crippen molar-refractivity contribution in [3.05, 3.63) is 29.3 Å². The molecule has 0 unspecified atom stereocenters. The molecule has 2 heterocycles. The molecule has 2 fully saturated rings. The normalized spacial score (nSPS) is 26.7. The van der Waals surface area contributed by atoms with Gasteiger partial charge in [-0.25, -0.2) is 0 Å². The largest absolute Gasteiger partial charge is 0.366 e. The molecule has 104 valence electrons. The summed E-state index contributed by atoms with van der Waals surface area (Å²) < 4.78 is 0. The number of piperazine rings is 1. The van der Waals surface area contributed by atoms with Crippen LogP contribution in [-0.2, 0) is 6.42 Å². The van der Waals surface area contributed by atoms with Crippen LogP contribution in [0.5, 0.6) is 0 Å². The van der Waals surface area contributed by atoms with Crippen molar-refractivity contribution in [3.8, 4) is 0 Å². The Hall–Kier alpha value is -1.02. The highest BCUT2D eigenvalue weighted by Crippen LogP contribution is 2.35. The summed E-state index contributed by atoms with van der Waals surface area (Å²) in [5, 5.41) is 0. The van der Waals surface area contributed by atoms with Gasteiger partial charge in [0.2, 0.25) is 0 Å². The fourth-order valence-corrected chi connectivity index (χ4v) is 3.82. The van der Waals surface area contributed by atoms with Crippen molar-refractivity contribution in [1.82, 2.24) is 4.90 Å². The molecule has 2 heteroatoms. The lowest BCUT2D eigenvalue weighted by Gasteiger charge is -2.34. The second kappa shape index (κ2) is 4.82. The molecule has 0 spiro atoms. The van der Waals surface area contributed by atoms with Crippen molar-refractivity contribution in [2.24, 2.45) is 0 Å². The number of nitrogens with zero attached hydrogens (tertiary/aromatic N) is 2. The van der Waals surface area contributed by atoms with Crippen molar-refractivity contribution in [2.75, 3.05) is 25.0 Å². The second-order valence-electron chi connectivity index (χ2n) is 6.53. The number of hydrogen-bond donors (Lipinski definition) is 0. The van der Waals surface area contributed by atoms with Crippen LogP contribution in [0.4, 0.5) is 5.69 Å². The van der Waals surface area contributed by atoms with Crippen LogP contribution in [0.25, 0.3) is 0 Å². The summed E-state index contributed by atoms with van der Waals surface area (Å²) in [5.74, 6) is 0.630. The highest BCUT2D eigenvalue weighted by molar-refractivity contribution is 5.54. The van der Waals surface area contributed by atoms with Crippen LogP contribution in [0.2, 0.25) is 0 Å². The minimum atomic E-state index is 0.630. The molecule has 1 aromatic carbocycles. The maximum atomic E-state index is 2.63. The molecule has 2 atom stereocenters. The zero-order chi connectivity index (χ0) is 13.6. The Bertz CT molecular complexity index is 464. The van der Waals surface area contributed by atoms with Crippen LogP contribution < -0.4 is 4.90 Å². The average molecular weight is 258 g/mol. The van der Waals surface area contributed by atoms with Crippen LogP contribution in [-0.4, -0.2) is 37.1 Å². The number of anilines is 1. The molecule has 3 rings (SSSR count). The van der Waals surface area contributed by atoms with Crippen LogP contribution in [0.1, 0.15) is 44.2 Å². The first-order valence-corrected chi connectivity index (χ1v) is 7.69. The molecule has 0 radical (unpaired) electrons. The molecule has 2 aliphatic heterocycles. The summed E-state index contributed by atoms with van der Waals surface area (Å²) in [7, 11) is 2.27. The fraction of sp³-hybridized carbons (Fsp3) is 0.647. The van der Waals surface area contributed by atoms with Gasteiger partial charge in [-0.2, -0.15) is 0 Å². The quantitative estimate of drug-likeness (QED) is 0.821. The zero-order valence-electron chi connectivity index (χ0n) is 12.7. The molecular weight excluding hydrogens is 232 g/mol. The van der Waals surface area contributed by atoms with Crippen molar-refractivity contribution in [3.63, 3.8) is 0 Å². The van der Waals surface area contributed by atoms with E-state index >= 15 is 0 Å². The summed E-state index contributed by atoms with van der Waals surface area (Å²) in [6, 6.07) is 8.66. The van der Waals surface area contributed by atoms with Gasteiger partial charge in [0.15, 0.2) is 0 Å². The summed E-state index contributed by atoms with van der Waals surface area (Å²) >= 11 is 0. The number of hydrogen-bond acceptors (Lipinski definition) is 2. The second-order valence-corrected chi connectivity index (χ2v) is 6.53. The molecule has 19 heavy (non-hydrogen) atoms. The molecule has 0 aromatic heterocycles. The summed E-state index contributed by atoms with van der Waals surface area (Å²) in [4.78, 5) is 5.15. The highest BCUT2D eigenvalue weighted by atomic mass is 15.3. The van der Waals surface area contributed by atoms with E-state index in [1.807, 2.05) is 0 Å². The smallest absolute Gasteiger partial charge is 0.0433 e. The van der Waals surface area contributed by atoms with Gasteiger partial charge in [-0.15, -0.1) is 0 Å². The minimum absolute atomic E-state index is 0.630. The first-order chi connectivity index (χ1) is 9.10. The molecule has 2 nitrogen and oxygen atoms in total. The topological polar surface area (TPSA) is 6.48 Å². The third-order valence-electron chi connectivity index (χ3n) is 4.98. The molecule has 0 saturated carbocycles. The van der Waals surface area contributed by atoms with Gasteiger partial charge >= 0.3 is 0 Å². The van der Waals surface area contributed by atoms with Crippen LogP contribution in [0, 0.1) is 0 Å². The van der Waals surface area contributed by atoms with Gasteiger partial charge < -0.3 is 4.90 Å². The minimum Gasteiger partial charge on any atom is -0.366 e. The monoisotopic (exact) mass is 258 g/mol. The molecule has 2 bridgehead atoms. The Labute approximate surface area is 117 Å². The van der Waals surface area contributed by atoms with E-state index in [0.717, 1.165) is 18.5 Å². The molecule has 0 aliphatic carbocycles. The molecular formula is C17H26N2. The van der Waals surface area contributed by atoms with Crippen LogP contribution in [0.15, 0.2) is 18.2 Å². The number of rotatable bonds is 3. The maximum absolute atomic E-state index is 2.63. The summed E-state index contributed by atoms with van der Waals surface area (Å²) in [6.45, 7) is 9.31. The molecule has 2 saturated heterocycles. The van der Waals surface area contributed by atoms with E-state index in [1.54, 1.807) is 0 Å². The van der Waals surface area contributed by atoms with Gasteiger partial charge in [-0.05, 0) is 49.1 Å². The number of benzene rings is 1. The van der Waals surface area contributed by atoms with Crippen molar-refractivity contribution in [1.29, 1.82) is 0 Å². The Balaban J connectivity index is 1.87. The first-order valence-electron chi connectivity index (χ1n) is 7.69. The lowest BCUT2D eigenvalue weighted by atomic mass is 9.95. The predicted molar refractivity (Wildman–Crippen MR) is 82.1 cm³/mol. The fourth-order valence-electron chi connectivity index (χ4n) is 3.82. The zero-order valence-corrected chi connectivity index (χ0v) is 12.7. The molecule has 1 aromatic rings. The van der Waals surface area contributed by atoms with E-state index in [1.165, 1.54) is 36.3 Å². The van der Waals surface area contributed by atoms with E-state index in [9.17, 15) is 0 Å². The third-order valence-corrected chi connectivity index (χ3v) is 4.98. The van der Waals surface area contributed by atoms with Crippen molar-refractivity contribution < 1.29 is 0 Å². The Morgan fingerprint density at radius 1 is 1.21 bits per heavy atom. The van der Waals surface area contributed by atoms with Gasteiger partial charge in [0, 0.05) is 30.9 Å². The average Bonchev–Trinajstić information content (AvgIpc) is 2.96.